The summed E-state index contributed by atoms with van der Waals surface area (Å²) in [5.74, 6) is 1.29. The van der Waals surface area contributed by atoms with E-state index in [1.165, 1.54) is 21.3 Å². The molecule has 34 heavy (non-hydrogen) atoms. The van der Waals surface area contributed by atoms with E-state index in [9.17, 15) is 9.59 Å². The average molecular weight is 476 g/mol. The van der Waals surface area contributed by atoms with E-state index in [0.717, 1.165) is 12.8 Å². The predicted octanol–water partition coefficient (Wildman–Crippen LogP) is 2.91. The maximum atomic E-state index is 13.6. The summed E-state index contributed by atoms with van der Waals surface area (Å²) in [6, 6.07) is 4.77. The summed E-state index contributed by atoms with van der Waals surface area (Å²) in [7, 11) is 4.50. The van der Waals surface area contributed by atoms with Crippen molar-refractivity contribution in [1.82, 2.24) is 15.4 Å². The van der Waals surface area contributed by atoms with E-state index in [-0.39, 0.29) is 30.2 Å². The van der Waals surface area contributed by atoms with Crippen molar-refractivity contribution in [2.75, 3.05) is 41.0 Å². The first-order chi connectivity index (χ1) is 16.4. The molecule has 1 saturated heterocycles. The summed E-state index contributed by atoms with van der Waals surface area (Å²) in [5.41, 5.74) is 0.537. The molecular weight excluding hydrogens is 442 g/mol. The summed E-state index contributed by atoms with van der Waals surface area (Å²) in [6.07, 6.45) is 1.72. The van der Waals surface area contributed by atoms with Gasteiger partial charge in [-0.3, -0.25) is 9.59 Å². The molecule has 186 valence electrons. The zero-order valence-electron chi connectivity index (χ0n) is 20.4. The maximum absolute atomic E-state index is 13.6. The Balaban J connectivity index is 1.84. The molecule has 1 unspecified atom stereocenters. The van der Waals surface area contributed by atoms with Crippen LogP contribution in [0.5, 0.6) is 17.2 Å². The third kappa shape index (κ3) is 6.19. The highest BCUT2D eigenvalue weighted by Gasteiger charge is 2.27. The number of aromatic nitrogens is 1. The number of carbonyl (C=O) groups is 2. The van der Waals surface area contributed by atoms with E-state index < -0.39 is 0 Å². The van der Waals surface area contributed by atoms with Crippen LogP contribution in [0.3, 0.4) is 0 Å². The van der Waals surface area contributed by atoms with E-state index in [4.69, 9.17) is 23.5 Å². The summed E-state index contributed by atoms with van der Waals surface area (Å²) in [5, 5.41) is 6.68. The quantitative estimate of drug-likeness (QED) is 0.528. The van der Waals surface area contributed by atoms with Crippen LogP contribution in [-0.4, -0.2) is 69.0 Å². The number of methoxy groups -OCH3 is 3. The van der Waals surface area contributed by atoms with Crippen LogP contribution in [0.1, 0.15) is 53.3 Å². The molecule has 0 aliphatic carbocycles. The first kappa shape index (κ1) is 25.4. The van der Waals surface area contributed by atoms with Crippen molar-refractivity contribution < 1.29 is 33.1 Å². The summed E-state index contributed by atoms with van der Waals surface area (Å²) in [4.78, 5) is 27.5. The van der Waals surface area contributed by atoms with E-state index in [2.05, 4.69) is 10.5 Å². The van der Waals surface area contributed by atoms with Crippen molar-refractivity contribution in [2.45, 2.75) is 39.3 Å². The molecule has 0 saturated carbocycles. The van der Waals surface area contributed by atoms with Gasteiger partial charge in [0.15, 0.2) is 23.0 Å². The molecule has 0 radical (unpaired) electrons. The number of hydrogen-bond acceptors (Lipinski definition) is 8. The molecule has 1 aliphatic rings. The van der Waals surface area contributed by atoms with Crippen molar-refractivity contribution in [3.63, 3.8) is 0 Å². The third-order valence-electron chi connectivity index (χ3n) is 5.46. The number of ether oxygens (including phenoxy) is 4. The third-order valence-corrected chi connectivity index (χ3v) is 5.46. The molecule has 3 rings (SSSR count). The Hall–Kier alpha value is -3.27. The molecule has 1 fully saturated rings. The lowest BCUT2D eigenvalue weighted by Crippen LogP contribution is -2.37. The van der Waals surface area contributed by atoms with Gasteiger partial charge in [-0.1, -0.05) is 19.0 Å². The minimum atomic E-state index is -0.315. The lowest BCUT2D eigenvalue weighted by Gasteiger charge is -2.25. The van der Waals surface area contributed by atoms with Gasteiger partial charge in [0.2, 0.25) is 5.75 Å². The average Bonchev–Trinajstić information content (AvgIpc) is 3.53. The molecule has 1 N–H and O–H groups in total. The highest BCUT2D eigenvalue weighted by Crippen LogP contribution is 2.38. The van der Waals surface area contributed by atoms with Crippen LogP contribution in [0.2, 0.25) is 0 Å². The molecule has 10 heteroatoms. The number of nitrogens with zero attached hydrogens (tertiary/aromatic N) is 2. The van der Waals surface area contributed by atoms with Gasteiger partial charge in [-0.2, -0.15) is 0 Å². The second kappa shape index (κ2) is 11.7. The highest BCUT2D eigenvalue weighted by atomic mass is 16.5. The SMILES string of the molecule is COc1cc(C(=O)N(Cc2cc(C(=O)NCC(C)C)no2)CC2CCCO2)cc(OC)c1OC. The molecular formula is C24H33N3O7. The second-order valence-corrected chi connectivity index (χ2v) is 8.52. The van der Waals surface area contributed by atoms with Gasteiger partial charge in [0, 0.05) is 31.3 Å². The fourth-order valence-electron chi connectivity index (χ4n) is 3.71. The van der Waals surface area contributed by atoms with Crippen LogP contribution in [0.4, 0.5) is 0 Å². The molecule has 2 amide bonds. The first-order valence-electron chi connectivity index (χ1n) is 11.3. The Morgan fingerprint density at radius 1 is 1.15 bits per heavy atom. The van der Waals surface area contributed by atoms with Crippen LogP contribution in [0, 0.1) is 5.92 Å². The lowest BCUT2D eigenvalue weighted by atomic mass is 10.1. The van der Waals surface area contributed by atoms with E-state index in [1.807, 2.05) is 13.8 Å². The van der Waals surface area contributed by atoms with Gasteiger partial charge < -0.3 is 33.7 Å². The van der Waals surface area contributed by atoms with Gasteiger partial charge in [0.1, 0.15) is 0 Å². The van der Waals surface area contributed by atoms with Gasteiger partial charge in [-0.15, -0.1) is 0 Å². The first-order valence-corrected chi connectivity index (χ1v) is 11.3. The number of amides is 2. The molecule has 2 heterocycles. The molecule has 2 aromatic rings. The van der Waals surface area contributed by atoms with Crippen molar-refractivity contribution in [3.8, 4) is 17.2 Å². The number of nitrogens with one attached hydrogen (secondary N) is 1. The van der Waals surface area contributed by atoms with E-state index in [1.54, 1.807) is 23.1 Å². The lowest BCUT2D eigenvalue weighted by molar-refractivity contribution is 0.0486. The Kier molecular flexibility index (Phi) is 8.75. The molecule has 1 aliphatic heterocycles. The van der Waals surface area contributed by atoms with Crippen LogP contribution < -0.4 is 19.5 Å². The summed E-state index contributed by atoms with van der Waals surface area (Å²) >= 11 is 0. The summed E-state index contributed by atoms with van der Waals surface area (Å²) < 4.78 is 27.3. The Bertz CT molecular complexity index is 958. The Morgan fingerprint density at radius 3 is 2.41 bits per heavy atom. The van der Waals surface area contributed by atoms with Crippen molar-refractivity contribution in [2.24, 2.45) is 5.92 Å². The minimum absolute atomic E-state index is 0.0808. The molecule has 1 atom stereocenters. The summed E-state index contributed by atoms with van der Waals surface area (Å²) in [6.45, 7) is 5.70. The Labute approximate surface area is 199 Å². The normalized spacial score (nSPS) is 15.3. The van der Waals surface area contributed by atoms with Crippen molar-refractivity contribution >= 4 is 11.8 Å². The standard InChI is InChI=1S/C24H33N3O7/c1-15(2)12-25-23(28)19-11-18(34-26-19)14-27(13-17-7-6-8-33-17)24(29)16-9-20(30-3)22(32-5)21(10-16)31-4/h9-11,15,17H,6-8,12-14H2,1-5H3,(H,25,28). The van der Waals surface area contributed by atoms with E-state index in [0.29, 0.717) is 54.2 Å². The fraction of sp³-hybridized carbons (Fsp3) is 0.542. The molecule has 10 nitrogen and oxygen atoms in total. The number of rotatable bonds is 11. The number of benzene rings is 1. The molecule has 1 aromatic heterocycles. The minimum Gasteiger partial charge on any atom is -0.493 e. The Morgan fingerprint density at radius 2 is 1.85 bits per heavy atom. The zero-order valence-corrected chi connectivity index (χ0v) is 20.4. The van der Waals surface area contributed by atoms with Crippen LogP contribution in [0.25, 0.3) is 0 Å². The topological polar surface area (TPSA) is 112 Å². The number of carbonyl (C=O) groups excluding carboxylic acids is 2. The highest BCUT2D eigenvalue weighted by molar-refractivity contribution is 5.96. The fourth-order valence-corrected chi connectivity index (χ4v) is 3.71. The monoisotopic (exact) mass is 475 g/mol. The van der Waals surface area contributed by atoms with Gasteiger partial charge in [-0.05, 0) is 30.9 Å². The molecule has 0 bridgehead atoms. The predicted molar refractivity (Wildman–Crippen MR) is 123 cm³/mol. The van der Waals surface area contributed by atoms with Crippen molar-refractivity contribution in [3.05, 3.63) is 35.2 Å². The van der Waals surface area contributed by atoms with Crippen LogP contribution >= 0.6 is 0 Å². The maximum Gasteiger partial charge on any atom is 0.273 e. The van der Waals surface area contributed by atoms with Gasteiger partial charge in [0.25, 0.3) is 11.8 Å². The smallest absolute Gasteiger partial charge is 0.273 e. The van der Waals surface area contributed by atoms with Crippen molar-refractivity contribution in [1.29, 1.82) is 0 Å². The van der Waals surface area contributed by atoms with Crippen LogP contribution in [-0.2, 0) is 11.3 Å². The molecule has 1 aromatic carbocycles. The number of hydrogen-bond donors (Lipinski definition) is 1. The largest absolute Gasteiger partial charge is 0.493 e. The van der Waals surface area contributed by atoms with Crippen LogP contribution in [0.15, 0.2) is 22.7 Å². The van der Waals surface area contributed by atoms with Gasteiger partial charge >= 0.3 is 0 Å². The van der Waals surface area contributed by atoms with Gasteiger partial charge in [-0.25, -0.2) is 0 Å². The second-order valence-electron chi connectivity index (χ2n) is 8.52. The zero-order chi connectivity index (χ0) is 24.7. The molecule has 0 spiro atoms. The van der Waals surface area contributed by atoms with Gasteiger partial charge in [0.05, 0.1) is 34.0 Å². The van der Waals surface area contributed by atoms with E-state index >= 15 is 0 Å².